The highest BCUT2D eigenvalue weighted by molar-refractivity contribution is 7.89. The molecule has 114 valence electrons. The van der Waals surface area contributed by atoms with Gasteiger partial charge in [0.2, 0.25) is 10.0 Å². The summed E-state index contributed by atoms with van der Waals surface area (Å²) in [6.07, 6.45) is 0. The Morgan fingerprint density at radius 2 is 1.62 bits per heavy atom. The molecule has 0 saturated heterocycles. The number of rotatable bonds is 6. The maximum atomic E-state index is 12.1. The predicted molar refractivity (Wildman–Crippen MR) is 85.3 cm³/mol. The summed E-state index contributed by atoms with van der Waals surface area (Å²) in [4.78, 5) is 0.258. The van der Waals surface area contributed by atoms with Crippen molar-refractivity contribution in [3.05, 3.63) is 60.2 Å². The lowest BCUT2D eigenvalue weighted by atomic mass is 10.2. The molecule has 1 N–H and O–H groups in total. The molecule has 0 atom stereocenters. The van der Waals surface area contributed by atoms with Crippen molar-refractivity contribution in [2.24, 2.45) is 0 Å². The van der Waals surface area contributed by atoms with Crippen LogP contribution in [0.3, 0.4) is 0 Å². The summed E-state index contributed by atoms with van der Waals surface area (Å²) >= 11 is 0. The van der Waals surface area contributed by atoms with E-state index in [9.17, 15) is 8.42 Å². The summed E-state index contributed by atoms with van der Waals surface area (Å²) in [5, 5.41) is 0. The van der Waals surface area contributed by atoms with E-state index < -0.39 is 10.0 Å². The molecule has 2 aromatic carbocycles. The first-order valence-electron chi connectivity index (χ1n) is 6.39. The summed E-state index contributed by atoms with van der Waals surface area (Å²) in [6.45, 7) is 2.64. The fourth-order valence-electron chi connectivity index (χ4n) is 1.80. The van der Waals surface area contributed by atoms with Crippen molar-refractivity contribution in [3.8, 4) is 5.75 Å². The summed E-state index contributed by atoms with van der Waals surface area (Å²) in [7, 11) is -3.50. The standard InChI is InChI=1S/C15H17NO3S.ClH/c1-2-19-15-11-7-6-8-13(15)12-16-20(17,18)14-9-4-3-5-10-14;/h3-11,16H,2,12H2,1H3;1H. The van der Waals surface area contributed by atoms with Gasteiger partial charge in [-0.15, -0.1) is 12.4 Å². The fourth-order valence-corrected chi connectivity index (χ4v) is 2.83. The Morgan fingerprint density at radius 1 is 1.00 bits per heavy atom. The highest BCUT2D eigenvalue weighted by Crippen LogP contribution is 2.18. The van der Waals surface area contributed by atoms with Crippen LogP contribution in [0.1, 0.15) is 12.5 Å². The van der Waals surface area contributed by atoms with E-state index in [2.05, 4.69) is 4.72 Å². The predicted octanol–water partition coefficient (Wildman–Crippen LogP) is 2.99. The summed E-state index contributed by atoms with van der Waals surface area (Å²) in [6, 6.07) is 15.7. The van der Waals surface area contributed by atoms with Crippen molar-refractivity contribution in [3.63, 3.8) is 0 Å². The molecule has 0 aliphatic heterocycles. The molecule has 21 heavy (non-hydrogen) atoms. The molecule has 0 saturated carbocycles. The molecule has 0 spiro atoms. The summed E-state index contributed by atoms with van der Waals surface area (Å²) in [5.41, 5.74) is 0.814. The van der Waals surface area contributed by atoms with Crippen molar-refractivity contribution in [2.45, 2.75) is 18.4 Å². The Bertz CT molecular complexity index is 660. The van der Waals surface area contributed by atoms with Crippen LogP contribution in [0.25, 0.3) is 0 Å². The van der Waals surface area contributed by atoms with Crippen molar-refractivity contribution in [1.82, 2.24) is 4.72 Å². The first-order chi connectivity index (χ1) is 9.63. The second kappa shape index (κ2) is 8.02. The maximum absolute atomic E-state index is 12.1. The van der Waals surface area contributed by atoms with Crippen LogP contribution in [0.5, 0.6) is 5.75 Å². The Balaban J connectivity index is 0.00000220. The third-order valence-corrected chi connectivity index (χ3v) is 4.20. The smallest absolute Gasteiger partial charge is 0.240 e. The number of benzene rings is 2. The van der Waals surface area contributed by atoms with Crippen LogP contribution in [0, 0.1) is 0 Å². The minimum absolute atomic E-state index is 0. The monoisotopic (exact) mass is 327 g/mol. The molecule has 6 heteroatoms. The van der Waals surface area contributed by atoms with Crippen LogP contribution in [0.15, 0.2) is 59.5 Å². The number of para-hydroxylation sites is 1. The van der Waals surface area contributed by atoms with Gasteiger partial charge < -0.3 is 4.74 Å². The summed E-state index contributed by atoms with van der Waals surface area (Å²) in [5.74, 6) is 0.700. The van der Waals surface area contributed by atoms with E-state index in [-0.39, 0.29) is 23.8 Å². The first-order valence-corrected chi connectivity index (χ1v) is 7.87. The SMILES string of the molecule is CCOc1ccccc1CNS(=O)(=O)c1ccccc1.Cl. The fraction of sp³-hybridized carbons (Fsp3) is 0.200. The van der Waals surface area contributed by atoms with Gasteiger partial charge in [-0.3, -0.25) is 0 Å². The van der Waals surface area contributed by atoms with Crippen molar-refractivity contribution >= 4 is 22.4 Å². The van der Waals surface area contributed by atoms with Gasteiger partial charge in [-0.2, -0.15) is 0 Å². The number of nitrogens with one attached hydrogen (secondary N) is 1. The minimum atomic E-state index is -3.50. The van der Waals surface area contributed by atoms with Gasteiger partial charge >= 0.3 is 0 Å². The van der Waals surface area contributed by atoms with Crippen LogP contribution in [0.4, 0.5) is 0 Å². The van der Waals surface area contributed by atoms with E-state index >= 15 is 0 Å². The Kier molecular flexibility index (Phi) is 6.68. The van der Waals surface area contributed by atoms with E-state index in [4.69, 9.17) is 4.74 Å². The molecule has 0 aromatic heterocycles. The second-order valence-corrected chi connectivity index (χ2v) is 5.95. The number of hydrogen-bond acceptors (Lipinski definition) is 3. The van der Waals surface area contributed by atoms with Crippen molar-refractivity contribution < 1.29 is 13.2 Å². The average Bonchev–Trinajstić information content (AvgIpc) is 2.48. The highest BCUT2D eigenvalue weighted by Gasteiger charge is 2.13. The molecule has 0 aliphatic rings. The molecule has 2 aromatic rings. The normalized spacial score (nSPS) is 10.7. The molecule has 0 radical (unpaired) electrons. The average molecular weight is 328 g/mol. The zero-order chi connectivity index (χ0) is 14.4. The Labute approximate surface area is 131 Å². The highest BCUT2D eigenvalue weighted by atomic mass is 35.5. The van der Waals surface area contributed by atoms with Crippen molar-refractivity contribution in [1.29, 1.82) is 0 Å². The lowest BCUT2D eigenvalue weighted by Gasteiger charge is -2.11. The van der Waals surface area contributed by atoms with Gasteiger partial charge in [0.25, 0.3) is 0 Å². The zero-order valence-electron chi connectivity index (χ0n) is 11.7. The minimum Gasteiger partial charge on any atom is -0.494 e. The number of halogens is 1. The van der Waals surface area contributed by atoms with Crippen LogP contribution in [-0.2, 0) is 16.6 Å². The van der Waals surface area contributed by atoms with Crippen LogP contribution in [0.2, 0.25) is 0 Å². The molecule has 0 aliphatic carbocycles. The number of sulfonamides is 1. The van der Waals surface area contributed by atoms with Gasteiger partial charge in [-0.05, 0) is 25.1 Å². The van der Waals surface area contributed by atoms with Gasteiger partial charge in [0.05, 0.1) is 11.5 Å². The molecule has 0 heterocycles. The van der Waals surface area contributed by atoms with Gasteiger partial charge in [0.15, 0.2) is 0 Å². The van der Waals surface area contributed by atoms with Gasteiger partial charge in [-0.1, -0.05) is 36.4 Å². The third kappa shape index (κ3) is 4.74. The van der Waals surface area contributed by atoms with E-state index in [0.29, 0.717) is 12.4 Å². The zero-order valence-corrected chi connectivity index (χ0v) is 13.3. The molecule has 0 unspecified atom stereocenters. The largest absolute Gasteiger partial charge is 0.494 e. The van der Waals surface area contributed by atoms with E-state index in [1.54, 1.807) is 30.3 Å². The molecule has 0 amide bonds. The van der Waals surface area contributed by atoms with E-state index in [1.165, 1.54) is 0 Å². The maximum Gasteiger partial charge on any atom is 0.240 e. The topological polar surface area (TPSA) is 55.4 Å². The molecular weight excluding hydrogens is 310 g/mol. The second-order valence-electron chi connectivity index (χ2n) is 4.18. The van der Waals surface area contributed by atoms with Crippen LogP contribution < -0.4 is 9.46 Å². The quantitative estimate of drug-likeness (QED) is 0.887. The Hall–Kier alpha value is -1.56. The number of hydrogen-bond donors (Lipinski definition) is 1. The van der Waals surface area contributed by atoms with E-state index in [1.807, 2.05) is 31.2 Å². The molecule has 0 fully saturated rings. The van der Waals surface area contributed by atoms with Gasteiger partial charge in [0.1, 0.15) is 5.75 Å². The van der Waals surface area contributed by atoms with E-state index in [0.717, 1.165) is 5.56 Å². The summed E-state index contributed by atoms with van der Waals surface area (Å²) < 4.78 is 32.3. The molecule has 2 rings (SSSR count). The van der Waals surface area contributed by atoms with Gasteiger partial charge in [-0.25, -0.2) is 13.1 Å². The first kappa shape index (κ1) is 17.5. The molecule has 4 nitrogen and oxygen atoms in total. The lowest BCUT2D eigenvalue weighted by Crippen LogP contribution is -2.23. The number of ether oxygens (including phenoxy) is 1. The van der Waals surface area contributed by atoms with Crippen molar-refractivity contribution in [2.75, 3.05) is 6.61 Å². The molecule has 0 bridgehead atoms. The third-order valence-electron chi connectivity index (χ3n) is 2.78. The van der Waals surface area contributed by atoms with Crippen LogP contribution in [-0.4, -0.2) is 15.0 Å². The lowest BCUT2D eigenvalue weighted by molar-refractivity contribution is 0.336. The molecular formula is C15H18ClNO3S. The van der Waals surface area contributed by atoms with Crippen LogP contribution >= 0.6 is 12.4 Å². The van der Waals surface area contributed by atoms with Gasteiger partial charge in [0, 0.05) is 12.1 Å². The Morgan fingerprint density at radius 3 is 2.29 bits per heavy atom.